The van der Waals surface area contributed by atoms with Gasteiger partial charge in [-0.3, -0.25) is 5.21 Å². The smallest absolute Gasteiger partial charge is 0.237 e. The van der Waals surface area contributed by atoms with Gasteiger partial charge in [-0.25, -0.2) is 5.48 Å². The average Bonchev–Trinajstić information content (AvgIpc) is 2.38. The Morgan fingerprint density at radius 3 is 2.88 bits per heavy atom. The summed E-state index contributed by atoms with van der Waals surface area (Å²) in [5.41, 5.74) is 7.64. The van der Waals surface area contributed by atoms with E-state index in [4.69, 9.17) is 20.4 Å². The maximum atomic E-state index is 8.37. The van der Waals surface area contributed by atoms with Crippen LogP contribution in [0.1, 0.15) is 5.56 Å². The topological polar surface area (TPSA) is 101 Å². The molecular weight excluding hydrogens is 224 g/mol. The third kappa shape index (κ3) is 2.85. The van der Waals surface area contributed by atoms with Gasteiger partial charge in [0.15, 0.2) is 11.5 Å². The standard InChI is InChI=1S/C10H12N4O3/c11-10(14-15)13-12-6-7-1-2-8-9(5-7)17-4-3-16-8/h1-2,5-6,15H,3-4H2,(H3,11,13,14)/b12-6+. The molecule has 0 aliphatic carbocycles. The number of ether oxygens (including phenoxy) is 2. The van der Waals surface area contributed by atoms with Crippen LogP contribution in [0.3, 0.4) is 0 Å². The zero-order chi connectivity index (χ0) is 12.1. The van der Waals surface area contributed by atoms with Gasteiger partial charge in [-0.2, -0.15) is 5.10 Å². The summed E-state index contributed by atoms with van der Waals surface area (Å²) in [6.45, 7) is 1.09. The molecule has 0 radical (unpaired) electrons. The minimum absolute atomic E-state index is 0.182. The predicted molar refractivity (Wildman–Crippen MR) is 61.6 cm³/mol. The number of nitrogens with zero attached hydrogens (tertiary/aromatic N) is 2. The lowest BCUT2D eigenvalue weighted by Crippen LogP contribution is -2.27. The number of nitrogens with two attached hydrogens (primary N) is 1. The molecule has 1 heterocycles. The highest BCUT2D eigenvalue weighted by atomic mass is 16.6. The second-order valence-corrected chi connectivity index (χ2v) is 3.24. The molecule has 0 saturated heterocycles. The van der Waals surface area contributed by atoms with Gasteiger partial charge in [0.1, 0.15) is 13.2 Å². The second kappa shape index (κ2) is 5.17. The lowest BCUT2D eigenvalue weighted by Gasteiger charge is -2.18. The van der Waals surface area contributed by atoms with Crippen molar-refractivity contribution in [3.63, 3.8) is 0 Å². The fourth-order valence-electron chi connectivity index (χ4n) is 1.32. The molecule has 0 unspecified atom stereocenters. The minimum Gasteiger partial charge on any atom is -0.486 e. The molecule has 0 saturated carbocycles. The van der Waals surface area contributed by atoms with Gasteiger partial charge in [0.25, 0.3) is 0 Å². The van der Waals surface area contributed by atoms with Gasteiger partial charge in [-0.1, -0.05) is 0 Å². The largest absolute Gasteiger partial charge is 0.486 e. The van der Waals surface area contributed by atoms with Gasteiger partial charge in [0.05, 0.1) is 6.21 Å². The first-order valence-corrected chi connectivity index (χ1v) is 4.96. The molecule has 0 bridgehead atoms. The van der Waals surface area contributed by atoms with Crippen LogP contribution in [0.5, 0.6) is 11.5 Å². The SMILES string of the molecule is NC(=N/N=C/c1ccc2c(c1)OCCO2)NO. The van der Waals surface area contributed by atoms with Crippen LogP contribution in [0.4, 0.5) is 0 Å². The van der Waals surface area contributed by atoms with Crippen LogP contribution < -0.4 is 20.7 Å². The Hall–Kier alpha value is -2.28. The quantitative estimate of drug-likeness (QED) is 0.383. The van der Waals surface area contributed by atoms with Gasteiger partial charge < -0.3 is 15.2 Å². The van der Waals surface area contributed by atoms with Crippen molar-refractivity contribution in [2.24, 2.45) is 15.9 Å². The Morgan fingerprint density at radius 2 is 2.12 bits per heavy atom. The van der Waals surface area contributed by atoms with Crippen LogP contribution in [0.2, 0.25) is 0 Å². The number of benzene rings is 1. The maximum absolute atomic E-state index is 8.37. The first-order valence-electron chi connectivity index (χ1n) is 4.96. The van der Waals surface area contributed by atoms with E-state index in [-0.39, 0.29) is 5.96 Å². The summed E-state index contributed by atoms with van der Waals surface area (Å²) in [6, 6.07) is 5.40. The van der Waals surface area contributed by atoms with Crippen molar-refractivity contribution >= 4 is 12.2 Å². The first kappa shape index (κ1) is 11.2. The van der Waals surface area contributed by atoms with Crippen LogP contribution in [0, 0.1) is 0 Å². The summed E-state index contributed by atoms with van der Waals surface area (Å²) in [7, 11) is 0. The van der Waals surface area contributed by atoms with E-state index in [2.05, 4.69) is 10.2 Å². The van der Waals surface area contributed by atoms with Gasteiger partial charge in [0, 0.05) is 0 Å². The van der Waals surface area contributed by atoms with Gasteiger partial charge in [-0.05, 0) is 23.8 Å². The highest BCUT2D eigenvalue weighted by molar-refractivity contribution is 5.82. The number of fused-ring (bicyclic) bond motifs is 1. The Bertz CT molecular complexity index is 459. The van der Waals surface area contributed by atoms with E-state index in [0.29, 0.717) is 24.7 Å². The fourth-order valence-corrected chi connectivity index (χ4v) is 1.32. The molecule has 0 spiro atoms. The van der Waals surface area contributed by atoms with E-state index in [0.717, 1.165) is 5.56 Å². The van der Waals surface area contributed by atoms with Gasteiger partial charge >= 0.3 is 0 Å². The van der Waals surface area contributed by atoms with E-state index in [1.807, 2.05) is 6.07 Å². The number of hydrogen-bond acceptors (Lipinski definition) is 5. The first-order chi connectivity index (χ1) is 8.29. The molecule has 7 heteroatoms. The predicted octanol–water partition coefficient (Wildman–Crippen LogP) is 0.0852. The Morgan fingerprint density at radius 1 is 1.35 bits per heavy atom. The van der Waals surface area contributed by atoms with E-state index in [1.54, 1.807) is 17.6 Å². The summed E-state index contributed by atoms with van der Waals surface area (Å²) in [5, 5.41) is 15.5. The molecule has 0 aromatic heterocycles. The monoisotopic (exact) mass is 236 g/mol. The summed E-state index contributed by atoms with van der Waals surface area (Å²) in [5.74, 6) is 1.21. The molecule has 7 nitrogen and oxygen atoms in total. The van der Waals surface area contributed by atoms with Crippen LogP contribution in [-0.4, -0.2) is 30.6 Å². The van der Waals surface area contributed by atoms with Gasteiger partial charge in [-0.15, -0.1) is 5.10 Å². The summed E-state index contributed by atoms with van der Waals surface area (Å²) >= 11 is 0. The van der Waals surface area contributed by atoms with Gasteiger partial charge in [0.2, 0.25) is 5.96 Å². The van der Waals surface area contributed by atoms with Crippen molar-refractivity contribution in [1.29, 1.82) is 0 Å². The third-order valence-corrected chi connectivity index (χ3v) is 2.05. The Kier molecular flexibility index (Phi) is 3.41. The summed E-state index contributed by atoms with van der Waals surface area (Å²) in [4.78, 5) is 0. The van der Waals surface area contributed by atoms with Crippen molar-refractivity contribution in [2.45, 2.75) is 0 Å². The summed E-state index contributed by atoms with van der Waals surface area (Å²) in [6.07, 6.45) is 1.49. The van der Waals surface area contributed by atoms with Crippen molar-refractivity contribution < 1.29 is 14.7 Å². The maximum Gasteiger partial charge on any atom is 0.237 e. The zero-order valence-electron chi connectivity index (χ0n) is 8.96. The van der Waals surface area contributed by atoms with Crippen molar-refractivity contribution in [1.82, 2.24) is 5.48 Å². The summed E-state index contributed by atoms with van der Waals surface area (Å²) < 4.78 is 10.8. The van der Waals surface area contributed by atoms with Crippen LogP contribution in [0.15, 0.2) is 28.4 Å². The molecule has 1 aromatic rings. The molecular formula is C10H12N4O3. The third-order valence-electron chi connectivity index (χ3n) is 2.05. The normalized spacial score (nSPS) is 15.0. The van der Waals surface area contributed by atoms with E-state index in [9.17, 15) is 0 Å². The van der Waals surface area contributed by atoms with Crippen LogP contribution in [0.25, 0.3) is 0 Å². The van der Waals surface area contributed by atoms with Crippen molar-refractivity contribution in [3.8, 4) is 11.5 Å². The number of hydrogen-bond donors (Lipinski definition) is 3. The molecule has 2 rings (SSSR count). The molecule has 90 valence electrons. The number of guanidine groups is 1. The highest BCUT2D eigenvalue weighted by Gasteiger charge is 2.10. The lowest BCUT2D eigenvalue weighted by atomic mass is 10.2. The van der Waals surface area contributed by atoms with Crippen molar-refractivity contribution in [2.75, 3.05) is 13.2 Å². The van der Waals surface area contributed by atoms with Crippen LogP contribution >= 0.6 is 0 Å². The van der Waals surface area contributed by atoms with Crippen LogP contribution in [-0.2, 0) is 0 Å². The molecule has 0 amide bonds. The average molecular weight is 236 g/mol. The minimum atomic E-state index is -0.182. The molecule has 1 aliphatic rings. The second-order valence-electron chi connectivity index (χ2n) is 3.24. The molecule has 0 atom stereocenters. The lowest BCUT2D eigenvalue weighted by molar-refractivity contribution is 0.171. The molecule has 4 N–H and O–H groups in total. The molecule has 1 aliphatic heterocycles. The highest BCUT2D eigenvalue weighted by Crippen LogP contribution is 2.30. The molecule has 17 heavy (non-hydrogen) atoms. The van der Waals surface area contributed by atoms with Crippen molar-refractivity contribution in [3.05, 3.63) is 23.8 Å². The fraction of sp³-hybridized carbons (Fsp3) is 0.200. The molecule has 1 aromatic carbocycles. The van der Waals surface area contributed by atoms with E-state index in [1.165, 1.54) is 6.21 Å². The Balaban J connectivity index is 2.12. The zero-order valence-corrected chi connectivity index (χ0v) is 8.96. The van der Waals surface area contributed by atoms with E-state index < -0.39 is 0 Å². The number of rotatable bonds is 2. The van der Waals surface area contributed by atoms with E-state index >= 15 is 0 Å². The molecule has 0 fully saturated rings. The number of nitrogens with one attached hydrogen (secondary N) is 1. The Labute approximate surface area is 97.5 Å². The number of hydroxylamine groups is 1.